The van der Waals surface area contributed by atoms with Gasteiger partial charge in [-0.1, -0.05) is 170 Å². The first-order chi connectivity index (χ1) is 30.6. The predicted octanol–water partition coefficient (Wildman–Crippen LogP) is 16.0. The molecule has 338 valence electrons. The van der Waals surface area contributed by atoms with Crippen LogP contribution in [0.1, 0.15) is 58.2 Å². The number of carbonyl (C=O) groups is 1. The summed E-state index contributed by atoms with van der Waals surface area (Å²) in [6.45, 7) is 17.4. The van der Waals surface area contributed by atoms with E-state index in [1.807, 2.05) is 102 Å². The van der Waals surface area contributed by atoms with Gasteiger partial charge in [-0.3, -0.25) is 9.78 Å². The van der Waals surface area contributed by atoms with E-state index in [1.54, 1.807) is 0 Å². The average molecular weight is 1220 g/mol. The Morgan fingerprint density at radius 1 is 0.545 bits per heavy atom. The minimum absolute atomic E-state index is 0. The van der Waals surface area contributed by atoms with Crippen molar-refractivity contribution in [3.8, 4) is 22.5 Å². The first-order valence-electron chi connectivity index (χ1n) is 21.8. The van der Waals surface area contributed by atoms with Crippen LogP contribution in [-0.4, -0.2) is 20.9 Å². The second-order valence-corrected chi connectivity index (χ2v) is 18.5. The van der Waals surface area contributed by atoms with E-state index in [4.69, 9.17) is 0 Å². The van der Waals surface area contributed by atoms with Crippen molar-refractivity contribution >= 4 is 59.8 Å². The average Bonchev–Trinajstić information content (AvgIpc) is 3.28. The third-order valence-electron chi connectivity index (χ3n) is 11.1. The molecule has 10 aromatic rings. The number of rotatable bonds is 3. The Morgan fingerprint density at radius 2 is 1.09 bits per heavy atom. The third kappa shape index (κ3) is 12.3. The zero-order valence-corrected chi connectivity index (χ0v) is 43.9. The Bertz CT molecular complexity index is 3060. The van der Waals surface area contributed by atoms with Gasteiger partial charge in [-0.25, -0.2) is 0 Å². The van der Waals surface area contributed by atoms with Crippen molar-refractivity contribution < 1.29 is 50.1 Å². The molecule has 4 nitrogen and oxygen atoms in total. The molecular formula is C60H56Ir2N2O2-2. The molecule has 0 unspecified atom stereocenters. The molecule has 8 aromatic carbocycles. The second kappa shape index (κ2) is 22.1. The fourth-order valence-electron chi connectivity index (χ4n) is 7.62. The summed E-state index contributed by atoms with van der Waals surface area (Å²) in [5.41, 5.74) is 7.99. The largest absolute Gasteiger partial charge is 0.512 e. The van der Waals surface area contributed by atoms with Gasteiger partial charge in [0.25, 0.3) is 0 Å². The van der Waals surface area contributed by atoms with Gasteiger partial charge in [-0.2, -0.15) is 0 Å². The number of para-hydroxylation sites is 1. The van der Waals surface area contributed by atoms with Crippen LogP contribution in [0.15, 0.2) is 176 Å². The van der Waals surface area contributed by atoms with E-state index in [0.717, 1.165) is 33.6 Å². The van der Waals surface area contributed by atoms with E-state index in [2.05, 4.69) is 146 Å². The Kier molecular flexibility index (Phi) is 17.1. The van der Waals surface area contributed by atoms with E-state index < -0.39 is 5.41 Å². The van der Waals surface area contributed by atoms with Gasteiger partial charge in [0, 0.05) is 63.3 Å². The molecule has 0 saturated carbocycles. The fourth-order valence-corrected chi connectivity index (χ4v) is 7.62. The molecular weight excluding hydrogens is 1170 g/mol. The first kappa shape index (κ1) is 51.1. The van der Waals surface area contributed by atoms with E-state index >= 15 is 0 Å². The molecule has 0 aliphatic rings. The van der Waals surface area contributed by atoms with E-state index in [-0.39, 0.29) is 57.2 Å². The molecule has 10 rings (SSSR count). The second-order valence-electron chi connectivity index (χ2n) is 18.5. The molecule has 0 amide bonds. The number of aliphatic hydroxyl groups is 1. The van der Waals surface area contributed by atoms with Crippen molar-refractivity contribution in [2.45, 2.75) is 62.3 Å². The van der Waals surface area contributed by atoms with Gasteiger partial charge in [0.1, 0.15) is 5.76 Å². The van der Waals surface area contributed by atoms with Crippen LogP contribution in [-0.2, 0) is 45.0 Å². The molecule has 2 aromatic heterocycles. The number of allylic oxidation sites excluding steroid dienone is 2. The minimum Gasteiger partial charge on any atom is -0.512 e. The van der Waals surface area contributed by atoms with Crippen LogP contribution < -0.4 is 0 Å². The van der Waals surface area contributed by atoms with Crippen LogP contribution in [0.4, 0.5) is 0 Å². The first-order valence-corrected chi connectivity index (χ1v) is 21.8. The normalized spacial score (nSPS) is 11.4. The van der Waals surface area contributed by atoms with Gasteiger partial charge in [-0.15, -0.1) is 70.8 Å². The molecule has 0 saturated heterocycles. The molecule has 6 heteroatoms. The van der Waals surface area contributed by atoms with Gasteiger partial charge in [-0.05, 0) is 78.9 Å². The Balaban J connectivity index is 0.000000166. The van der Waals surface area contributed by atoms with Gasteiger partial charge < -0.3 is 10.1 Å². The van der Waals surface area contributed by atoms with Crippen LogP contribution in [0.25, 0.3) is 76.5 Å². The number of ketones is 1. The van der Waals surface area contributed by atoms with Crippen molar-refractivity contribution in [3.05, 3.63) is 205 Å². The summed E-state index contributed by atoms with van der Waals surface area (Å²) in [6.07, 6.45) is 3.18. The van der Waals surface area contributed by atoms with Gasteiger partial charge in [0.15, 0.2) is 5.78 Å². The number of carbonyl (C=O) groups excluding carboxylic acids is 1. The molecule has 2 radical (unpaired) electrons. The fraction of sp³-hybridized carbons (Fsp3) is 0.183. The van der Waals surface area contributed by atoms with Crippen LogP contribution >= 0.6 is 0 Å². The van der Waals surface area contributed by atoms with Gasteiger partial charge >= 0.3 is 0 Å². The minimum atomic E-state index is -0.417. The molecule has 0 bridgehead atoms. The number of fused-ring (bicyclic) bond motifs is 3. The topological polar surface area (TPSA) is 63.1 Å². The van der Waals surface area contributed by atoms with Gasteiger partial charge in [0.05, 0.1) is 5.52 Å². The maximum absolute atomic E-state index is 11.5. The summed E-state index contributed by atoms with van der Waals surface area (Å²) < 4.78 is 0. The Morgan fingerprint density at radius 3 is 1.59 bits per heavy atom. The standard InChI is InChI=1S/C20H12.C15H10N.C14H14N.C11H20O2.2Ir/c1-5-13-6-2-11-17-18-12-4-8-14-7-3-10-16(20(14)18)15(9-1)19(13)17;1-2-6-12(7-3-1)15-11-10-13-8-4-5-9-14(13)16-15;1-10-4-5-15-14(9-10)13-7-11(2)6-12(3)8-13;1-10(2,3)8(12)7-9(13)11(4,5)6;;/h1-12H;1-6,8-11H;4-7,9H,1-3H3;7,12H,1-6H3;;/q;2*-1;;;. The smallest absolute Gasteiger partial charge is 0.164 e. The molecule has 0 fully saturated rings. The molecule has 2 heterocycles. The molecule has 0 spiro atoms. The zero-order chi connectivity index (χ0) is 45.6. The summed E-state index contributed by atoms with van der Waals surface area (Å²) in [6, 6.07) is 61.5. The third-order valence-corrected chi connectivity index (χ3v) is 11.1. The van der Waals surface area contributed by atoms with Crippen LogP contribution in [0.3, 0.4) is 0 Å². The monoisotopic (exact) mass is 1220 g/mol. The number of hydrogen-bond donors (Lipinski definition) is 1. The molecule has 66 heavy (non-hydrogen) atoms. The number of aromatic nitrogens is 2. The summed E-state index contributed by atoms with van der Waals surface area (Å²) in [4.78, 5) is 20.5. The number of aryl methyl sites for hydroxylation is 3. The van der Waals surface area contributed by atoms with Crippen molar-refractivity contribution in [2.75, 3.05) is 0 Å². The summed E-state index contributed by atoms with van der Waals surface area (Å²) >= 11 is 0. The SMILES string of the molecule is CC(C)(C)C(=O)C=C(O)C(C)(C)C.Cc1[c-]c(-c2cc(C)ccn2)cc(C)c1.[Ir].[Ir].[c-]1ccccc1-c1ccc2ccccc2n1.c1cc2cccc3c4cccc5cccc(c(c1)c23)c54. The van der Waals surface area contributed by atoms with Crippen molar-refractivity contribution in [2.24, 2.45) is 10.8 Å². The Labute approximate surface area is 417 Å². The van der Waals surface area contributed by atoms with Crippen LogP contribution in [0.2, 0.25) is 0 Å². The van der Waals surface area contributed by atoms with Gasteiger partial charge in [0.2, 0.25) is 0 Å². The number of nitrogens with zero attached hydrogens (tertiary/aromatic N) is 2. The molecule has 0 aliphatic carbocycles. The predicted molar refractivity (Wildman–Crippen MR) is 271 cm³/mol. The zero-order valence-electron chi connectivity index (χ0n) is 39.1. The van der Waals surface area contributed by atoms with E-state index in [0.29, 0.717) is 0 Å². The maximum Gasteiger partial charge on any atom is 0.164 e. The summed E-state index contributed by atoms with van der Waals surface area (Å²) in [7, 11) is 0. The summed E-state index contributed by atoms with van der Waals surface area (Å²) in [5, 5.41) is 21.6. The number of benzene rings is 8. The molecule has 0 aliphatic heterocycles. The Hall–Kier alpha value is -5.87. The summed E-state index contributed by atoms with van der Waals surface area (Å²) in [5.74, 6) is 0.104. The van der Waals surface area contributed by atoms with Crippen LogP contribution in [0.5, 0.6) is 0 Å². The van der Waals surface area contributed by atoms with Crippen molar-refractivity contribution in [3.63, 3.8) is 0 Å². The molecule has 1 N–H and O–H groups in total. The van der Waals surface area contributed by atoms with E-state index in [9.17, 15) is 9.90 Å². The van der Waals surface area contributed by atoms with Crippen LogP contribution in [0, 0.1) is 43.7 Å². The van der Waals surface area contributed by atoms with E-state index in [1.165, 1.54) is 65.7 Å². The van der Waals surface area contributed by atoms with Crippen molar-refractivity contribution in [1.29, 1.82) is 0 Å². The number of hydrogen-bond acceptors (Lipinski definition) is 4. The van der Waals surface area contributed by atoms with Crippen molar-refractivity contribution in [1.82, 2.24) is 9.97 Å². The number of pyridine rings is 2. The maximum atomic E-state index is 11.5. The quantitative estimate of drug-likeness (QED) is 0.0629. The number of aliphatic hydroxyl groups excluding tert-OH is 1. The molecule has 0 atom stereocenters.